The van der Waals surface area contributed by atoms with E-state index in [9.17, 15) is 19.2 Å². The summed E-state index contributed by atoms with van der Waals surface area (Å²) in [4.78, 5) is 51.0. The highest BCUT2D eigenvalue weighted by Gasteiger charge is 2.47. The molecule has 0 saturated carbocycles. The largest absolute Gasteiger partial charge is 0.497 e. The molecule has 0 spiro atoms. The molecule has 1 aliphatic rings. The number of para-hydroxylation sites is 1. The van der Waals surface area contributed by atoms with Crippen molar-refractivity contribution in [3.8, 4) is 11.5 Å². The van der Waals surface area contributed by atoms with Gasteiger partial charge in [-0.3, -0.25) is 19.8 Å². The summed E-state index contributed by atoms with van der Waals surface area (Å²) < 4.78 is 10.3. The monoisotopic (exact) mass is 412 g/mol. The zero-order valence-corrected chi connectivity index (χ0v) is 16.3. The van der Waals surface area contributed by atoms with Crippen LogP contribution in [0.3, 0.4) is 0 Å². The number of hydrogen-bond donors (Lipinski definition) is 2. The molecule has 2 aromatic rings. The SMILES string of the molecule is COc1cc(OC)cc(C(=O)NN2C(=O)N(c3ccccc3)C(=O)[C@@H]2CC(N)=O)c1. The highest BCUT2D eigenvalue weighted by atomic mass is 16.5. The summed E-state index contributed by atoms with van der Waals surface area (Å²) in [5, 5.41) is 0.814. The Morgan fingerprint density at radius 1 is 1.03 bits per heavy atom. The van der Waals surface area contributed by atoms with Gasteiger partial charge >= 0.3 is 6.03 Å². The number of nitrogens with two attached hydrogens (primary N) is 1. The number of anilines is 1. The van der Waals surface area contributed by atoms with Gasteiger partial charge in [-0.1, -0.05) is 18.2 Å². The predicted octanol–water partition coefficient (Wildman–Crippen LogP) is 1.06. The van der Waals surface area contributed by atoms with Crippen LogP contribution in [0.15, 0.2) is 48.5 Å². The third-order valence-electron chi connectivity index (χ3n) is 4.46. The van der Waals surface area contributed by atoms with E-state index in [1.807, 2.05) is 0 Å². The van der Waals surface area contributed by atoms with Gasteiger partial charge in [0.2, 0.25) is 5.91 Å². The molecule has 1 heterocycles. The fraction of sp³-hybridized carbons (Fsp3) is 0.200. The first-order chi connectivity index (χ1) is 14.3. The number of rotatable bonds is 7. The topological polar surface area (TPSA) is 131 Å². The van der Waals surface area contributed by atoms with E-state index in [1.54, 1.807) is 36.4 Å². The standard InChI is InChI=1S/C20H20N4O6/c1-29-14-8-12(9-15(10-14)30-2)18(26)22-24-16(11-17(21)25)19(27)23(20(24)28)13-6-4-3-5-7-13/h3-10,16H,11H2,1-2H3,(H2,21,25)(H,22,26)/t16-/m0/s1. The quantitative estimate of drug-likeness (QED) is 0.654. The van der Waals surface area contributed by atoms with Crippen LogP contribution in [0.2, 0.25) is 0 Å². The van der Waals surface area contributed by atoms with E-state index in [4.69, 9.17) is 15.2 Å². The van der Waals surface area contributed by atoms with E-state index in [2.05, 4.69) is 5.43 Å². The first-order valence-corrected chi connectivity index (χ1v) is 8.90. The van der Waals surface area contributed by atoms with Crippen molar-refractivity contribution in [1.82, 2.24) is 10.4 Å². The van der Waals surface area contributed by atoms with Crippen LogP contribution in [0.25, 0.3) is 0 Å². The van der Waals surface area contributed by atoms with Crippen LogP contribution in [-0.2, 0) is 9.59 Å². The van der Waals surface area contributed by atoms with E-state index < -0.39 is 36.2 Å². The van der Waals surface area contributed by atoms with Crippen LogP contribution in [0.1, 0.15) is 16.8 Å². The van der Waals surface area contributed by atoms with Crippen molar-refractivity contribution in [2.75, 3.05) is 19.1 Å². The highest BCUT2D eigenvalue weighted by Crippen LogP contribution is 2.26. The van der Waals surface area contributed by atoms with Crippen LogP contribution in [0.5, 0.6) is 11.5 Å². The molecule has 1 aliphatic heterocycles. The average molecular weight is 412 g/mol. The Bertz CT molecular complexity index is 972. The number of nitrogens with zero attached hydrogens (tertiary/aromatic N) is 2. The summed E-state index contributed by atoms with van der Waals surface area (Å²) in [7, 11) is 2.86. The molecule has 0 aliphatic carbocycles. The molecule has 5 amide bonds. The van der Waals surface area contributed by atoms with Gasteiger partial charge in [-0.05, 0) is 24.3 Å². The van der Waals surface area contributed by atoms with Gasteiger partial charge in [0, 0.05) is 11.6 Å². The average Bonchev–Trinajstić information content (AvgIpc) is 2.97. The van der Waals surface area contributed by atoms with Crippen LogP contribution >= 0.6 is 0 Å². The first-order valence-electron chi connectivity index (χ1n) is 8.90. The van der Waals surface area contributed by atoms with Crippen molar-refractivity contribution in [1.29, 1.82) is 0 Å². The highest BCUT2D eigenvalue weighted by molar-refractivity contribution is 6.22. The van der Waals surface area contributed by atoms with Crippen molar-refractivity contribution in [2.24, 2.45) is 5.73 Å². The minimum Gasteiger partial charge on any atom is -0.497 e. The smallest absolute Gasteiger partial charge is 0.350 e. The Balaban J connectivity index is 1.92. The van der Waals surface area contributed by atoms with Gasteiger partial charge in [0.1, 0.15) is 17.5 Å². The van der Waals surface area contributed by atoms with Gasteiger partial charge in [0.25, 0.3) is 11.8 Å². The number of ether oxygens (including phenoxy) is 2. The first kappa shape index (κ1) is 20.6. The lowest BCUT2D eigenvalue weighted by molar-refractivity contribution is -0.125. The summed E-state index contributed by atoms with van der Waals surface area (Å²) in [6.07, 6.45) is -0.449. The predicted molar refractivity (Wildman–Crippen MR) is 106 cm³/mol. The fourth-order valence-corrected chi connectivity index (χ4v) is 3.02. The molecule has 156 valence electrons. The molecule has 10 nitrogen and oxygen atoms in total. The van der Waals surface area contributed by atoms with Gasteiger partial charge in [-0.2, -0.15) is 0 Å². The normalized spacial score (nSPS) is 15.9. The molecule has 0 bridgehead atoms. The van der Waals surface area contributed by atoms with Crippen LogP contribution in [0, 0.1) is 0 Å². The number of benzene rings is 2. The molecule has 1 fully saturated rings. The molecular weight excluding hydrogens is 392 g/mol. The van der Waals surface area contributed by atoms with E-state index in [0.29, 0.717) is 17.2 Å². The second-order valence-corrected chi connectivity index (χ2v) is 6.39. The Labute approximate surface area is 172 Å². The summed E-state index contributed by atoms with van der Waals surface area (Å²) >= 11 is 0. The summed E-state index contributed by atoms with van der Waals surface area (Å²) in [5.74, 6) is -1.43. The molecule has 3 N–H and O–H groups in total. The zero-order chi connectivity index (χ0) is 21.8. The lowest BCUT2D eigenvalue weighted by Gasteiger charge is -2.22. The maximum absolute atomic E-state index is 12.9. The van der Waals surface area contributed by atoms with E-state index >= 15 is 0 Å². The Hall–Kier alpha value is -4.08. The molecule has 1 saturated heterocycles. The second-order valence-electron chi connectivity index (χ2n) is 6.39. The molecule has 1 atom stereocenters. The van der Waals surface area contributed by atoms with Gasteiger partial charge in [-0.25, -0.2) is 14.7 Å². The van der Waals surface area contributed by atoms with E-state index in [1.165, 1.54) is 26.4 Å². The van der Waals surface area contributed by atoms with Crippen LogP contribution < -0.4 is 25.5 Å². The fourth-order valence-electron chi connectivity index (χ4n) is 3.02. The number of methoxy groups -OCH3 is 2. The summed E-state index contributed by atoms with van der Waals surface area (Å²) in [6.45, 7) is 0. The molecule has 10 heteroatoms. The van der Waals surface area contributed by atoms with E-state index in [-0.39, 0.29) is 5.56 Å². The number of carbonyl (C=O) groups is 4. The third kappa shape index (κ3) is 4.02. The van der Waals surface area contributed by atoms with Crippen molar-refractivity contribution in [3.63, 3.8) is 0 Å². The lowest BCUT2D eigenvalue weighted by Crippen LogP contribution is -2.50. The second kappa shape index (κ2) is 8.52. The minimum absolute atomic E-state index is 0.127. The number of hydrogen-bond acceptors (Lipinski definition) is 6. The molecule has 0 radical (unpaired) electrons. The minimum atomic E-state index is -1.27. The number of amides is 5. The molecule has 3 rings (SSSR count). The number of hydrazine groups is 1. The summed E-state index contributed by atoms with van der Waals surface area (Å²) in [6, 6.07) is 10.6. The van der Waals surface area contributed by atoms with Crippen LogP contribution in [-0.4, -0.2) is 49.0 Å². The van der Waals surface area contributed by atoms with Gasteiger partial charge in [0.15, 0.2) is 0 Å². The van der Waals surface area contributed by atoms with Crippen molar-refractivity contribution >= 4 is 29.4 Å². The molecular formula is C20H20N4O6. The van der Waals surface area contributed by atoms with Gasteiger partial charge in [0.05, 0.1) is 26.3 Å². The Morgan fingerprint density at radius 3 is 2.17 bits per heavy atom. The lowest BCUT2D eigenvalue weighted by atomic mass is 10.1. The Kier molecular flexibility index (Phi) is 5.86. The number of primary amides is 1. The zero-order valence-electron chi connectivity index (χ0n) is 16.3. The number of nitrogens with one attached hydrogen (secondary N) is 1. The van der Waals surface area contributed by atoms with Crippen molar-refractivity contribution in [2.45, 2.75) is 12.5 Å². The maximum Gasteiger partial charge on any atom is 0.350 e. The molecule has 2 aromatic carbocycles. The number of urea groups is 1. The van der Waals surface area contributed by atoms with Crippen molar-refractivity contribution in [3.05, 3.63) is 54.1 Å². The molecule has 0 unspecified atom stereocenters. The van der Waals surface area contributed by atoms with E-state index in [0.717, 1.165) is 9.91 Å². The molecule has 0 aromatic heterocycles. The maximum atomic E-state index is 12.9. The van der Waals surface area contributed by atoms with Crippen LogP contribution in [0.4, 0.5) is 10.5 Å². The summed E-state index contributed by atoms with van der Waals surface area (Å²) in [5.41, 5.74) is 8.08. The van der Waals surface area contributed by atoms with Crippen molar-refractivity contribution < 1.29 is 28.7 Å². The number of carbonyl (C=O) groups excluding carboxylic acids is 4. The van der Waals surface area contributed by atoms with Gasteiger partial charge in [-0.15, -0.1) is 0 Å². The van der Waals surface area contributed by atoms with Gasteiger partial charge < -0.3 is 15.2 Å². The Morgan fingerprint density at radius 2 is 1.63 bits per heavy atom. The third-order valence-corrected chi connectivity index (χ3v) is 4.46. The number of imide groups is 1. The molecule has 30 heavy (non-hydrogen) atoms.